The standard InChI is InChI=1S/C14H14N2O5S2/c1-21-12-3-2-11(16(17)18)8-14(12)23(19,20)15-6-4-13-10(9-15)5-7-22-13/h2-3,5,7-8H,4,6,9H2,1H3. The first-order valence-electron chi connectivity index (χ1n) is 6.81. The number of nitro benzene ring substituents is 1. The Morgan fingerprint density at radius 2 is 2.13 bits per heavy atom. The SMILES string of the molecule is COc1ccc([N+](=O)[O-])cc1S(=O)(=O)N1CCc2sccc2C1. The van der Waals surface area contributed by atoms with Gasteiger partial charge in [-0.3, -0.25) is 10.1 Å². The number of sulfonamides is 1. The van der Waals surface area contributed by atoms with Crippen molar-refractivity contribution < 1.29 is 18.1 Å². The van der Waals surface area contributed by atoms with Crippen LogP contribution in [0.25, 0.3) is 0 Å². The first kappa shape index (κ1) is 15.9. The van der Waals surface area contributed by atoms with Gasteiger partial charge < -0.3 is 4.74 Å². The normalized spacial score (nSPS) is 15.2. The van der Waals surface area contributed by atoms with Gasteiger partial charge in [-0.2, -0.15) is 4.31 Å². The first-order valence-corrected chi connectivity index (χ1v) is 9.13. The Morgan fingerprint density at radius 1 is 1.35 bits per heavy atom. The highest BCUT2D eigenvalue weighted by Gasteiger charge is 2.32. The molecule has 1 aromatic heterocycles. The molecule has 2 aromatic rings. The van der Waals surface area contributed by atoms with Crippen LogP contribution in [0.5, 0.6) is 5.75 Å². The summed E-state index contributed by atoms with van der Waals surface area (Å²) < 4.78 is 32.2. The zero-order chi connectivity index (χ0) is 16.6. The number of nitro groups is 1. The molecular formula is C14H14N2O5S2. The third kappa shape index (κ3) is 2.82. The van der Waals surface area contributed by atoms with E-state index in [4.69, 9.17) is 4.74 Å². The van der Waals surface area contributed by atoms with Gasteiger partial charge in [0.2, 0.25) is 10.0 Å². The second kappa shape index (κ2) is 5.91. The summed E-state index contributed by atoms with van der Waals surface area (Å²) in [6, 6.07) is 5.50. The van der Waals surface area contributed by atoms with Crippen LogP contribution < -0.4 is 4.74 Å². The molecular weight excluding hydrogens is 340 g/mol. The molecule has 1 aromatic carbocycles. The molecule has 0 fully saturated rings. The zero-order valence-electron chi connectivity index (χ0n) is 12.3. The minimum absolute atomic E-state index is 0.103. The number of non-ortho nitro benzene ring substituents is 1. The lowest BCUT2D eigenvalue weighted by molar-refractivity contribution is -0.385. The summed E-state index contributed by atoms with van der Waals surface area (Å²) in [5, 5.41) is 12.9. The summed E-state index contributed by atoms with van der Waals surface area (Å²) in [5.74, 6) is 0.103. The summed E-state index contributed by atoms with van der Waals surface area (Å²) >= 11 is 1.61. The minimum atomic E-state index is -3.87. The van der Waals surface area contributed by atoms with E-state index in [1.165, 1.54) is 28.4 Å². The molecule has 0 radical (unpaired) electrons. The lowest BCUT2D eigenvalue weighted by Gasteiger charge is -2.26. The molecule has 0 saturated carbocycles. The Kier molecular flexibility index (Phi) is 4.09. The average molecular weight is 354 g/mol. The largest absolute Gasteiger partial charge is 0.495 e. The summed E-state index contributed by atoms with van der Waals surface area (Å²) in [6.07, 6.45) is 0.642. The third-order valence-corrected chi connectivity index (χ3v) is 6.64. The summed E-state index contributed by atoms with van der Waals surface area (Å²) in [4.78, 5) is 11.3. The number of benzene rings is 1. The lowest BCUT2D eigenvalue weighted by atomic mass is 10.1. The fourth-order valence-electron chi connectivity index (χ4n) is 2.55. The van der Waals surface area contributed by atoms with E-state index in [0.717, 1.165) is 11.6 Å². The van der Waals surface area contributed by atoms with Crippen LogP contribution in [0.2, 0.25) is 0 Å². The first-order chi connectivity index (χ1) is 10.9. The molecule has 0 N–H and O–H groups in total. The van der Waals surface area contributed by atoms with Crippen molar-refractivity contribution in [3.63, 3.8) is 0 Å². The van der Waals surface area contributed by atoms with Crippen LogP contribution >= 0.6 is 11.3 Å². The molecule has 3 rings (SSSR count). The minimum Gasteiger partial charge on any atom is -0.495 e. The Hall–Kier alpha value is -1.97. The van der Waals surface area contributed by atoms with Gasteiger partial charge in [-0.1, -0.05) is 0 Å². The van der Waals surface area contributed by atoms with E-state index < -0.39 is 14.9 Å². The fourth-order valence-corrected chi connectivity index (χ4v) is 5.03. The number of rotatable bonds is 4. The maximum Gasteiger partial charge on any atom is 0.271 e. The summed E-state index contributed by atoms with van der Waals surface area (Å²) in [5.41, 5.74) is 0.701. The number of nitrogens with zero attached hydrogens (tertiary/aromatic N) is 2. The predicted octanol–water partition coefficient (Wildman–Crippen LogP) is 2.41. The van der Waals surface area contributed by atoms with Gasteiger partial charge in [0.15, 0.2) is 0 Å². The van der Waals surface area contributed by atoms with Gasteiger partial charge in [0.1, 0.15) is 10.6 Å². The van der Waals surface area contributed by atoms with Crippen LogP contribution in [0, 0.1) is 10.1 Å². The van der Waals surface area contributed by atoms with Crippen LogP contribution in [-0.4, -0.2) is 31.3 Å². The highest BCUT2D eigenvalue weighted by atomic mass is 32.2. The topological polar surface area (TPSA) is 89.7 Å². The molecule has 0 bridgehead atoms. The van der Waals surface area contributed by atoms with Crippen molar-refractivity contribution in [1.82, 2.24) is 4.31 Å². The molecule has 1 aliphatic heterocycles. The maximum atomic E-state index is 12.9. The van der Waals surface area contributed by atoms with Gasteiger partial charge >= 0.3 is 0 Å². The van der Waals surface area contributed by atoms with E-state index >= 15 is 0 Å². The smallest absolute Gasteiger partial charge is 0.271 e. The van der Waals surface area contributed by atoms with E-state index in [9.17, 15) is 18.5 Å². The van der Waals surface area contributed by atoms with E-state index in [0.29, 0.717) is 13.0 Å². The Labute approximate surface area is 137 Å². The van der Waals surface area contributed by atoms with Gasteiger partial charge in [-0.15, -0.1) is 11.3 Å². The van der Waals surface area contributed by atoms with Crippen LogP contribution in [0.1, 0.15) is 10.4 Å². The number of hydrogen-bond acceptors (Lipinski definition) is 6. The molecule has 2 heterocycles. The van der Waals surface area contributed by atoms with Gasteiger partial charge in [0.25, 0.3) is 5.69 Å². The van der Waals surface area contributed by atoms with Gasteiger partial charge in [0.05, 0.1) is 12.0 Å². The number of ether oxygens (including phenoxy) is 1. The summed E-state index contributed by atoms with van der Waals surface area (Å²) in [7, 11) is -2.53. The van der Waals surface area contributed by atoms with Crippen molar-refractivity contribution in [2.24, 2.45) is 0 Å². The highest BCUT2D eigenvalue weighted by molar-refractivity contribution is 7.89. The van der Waals surface area contributed by atoms with Crippen molar-refractivity contribution in [2.75, 3.05) is 13.7 Å². The van der Waals surface area contributed by atoms with E-state index in [2.05, 4.69) is 0 Å². The van der Waals surface area contributed by atoms with Crippen LogP contribution in [0.3, 0.4) is 0 Å². The monoisotopic (exact) mass is 354 g/mol. The van der Waals surface area contributed by atoms with Gasteiger partial charge in [-0.25, -0.2) is 8.42 Å². The van der Waals surface area contributed by atoms with Crippen LogP contribution in [0.15, 0.2) is 34.5 Å². The van der Waals surface area contributed by atoms with Crippen LogP contribution in [-0.2, 0) is 23.0 Å². The molecule has 1 aliphatic rings. The molecule has 122 valence electrons. The van der Waals surface area contributed by atoms with Crippen molar-refractivity contribution in [3.05, 3.63) is 50.2 Å². The summed E-state index contributed by atoms with van der Waals surface area (Å²) in [6.45, 7) is 0.620. The molecule has 0 spiro atoms. The average Bonchev–Trinajstić information content (AvgIpc) is 3.01. The fraction of sp³-hybridized carbons (Fsp3) is 0.286. The molecule has 0 saturated heterocycles. The molecule has 0 aliphatic carbocycles. The van der Waals surface area contributed by atoms with Crippen molar-refractivity contribution >= 4 is 27.0 Å². The number of hydrogen-bond donors (Lipinski definition) is 0. The van der Waals surface area contributed by atoms with E-state index in [1.807, 2.05) is 11.4 Å². The Balaban J connectivity index is 2.03. The Morgan fingerprint density at radius 3 is 2.83 bits per heavy atom. The lowest BCUT2D eigenvalue weighted by Crippen LogP contribution is -2.35. The maximum absolute atomic E-state index is 12.9. The second-order valence-electron chi connectivity index (χ2n) is 5.05. The molecule has 9 heteroatoms. The molecule has 0 unspecified atom stereocenters. The molecule has 23 heavy (non-hydrogen) atoms. The quantitative estimate of drug-likeness (QED) is 0.621. The third-order valence-electron chi connectivity index (χ3n) is 3.75. The molecule has 0 amide bonds. The van der Waals surface area contributed by atoms with E-state index in [-0.39, 0.29) is 22.9 Å². The predicted molar refractivity (Wildman–Crippen MR) is 85.3 cm³/mol. The number of fused-ring (bicyclic) bond motifs is 1. The highest BCUT2D eigenvalue weighted by Crippen LogP contribution is 2.33. The number of methoxy groups -OCH3 is 1. The van der Waals surface area contributed by atoms with Crippen molar-refractivity contribution in [2.45, 2.75) is 17.9 Å². The zero-order valence-corrected chi connectivity index (χ0v) is 13.9. The molecule has 7 nitrogen and oxygen atoms in total. The molecule has 0 atom stereocenters. The van der Waals surface area contributed by atoms with Crippen molar-refractivity contribution in [3.8, 4) is 5.75 Å². The Bertz CT molecular complexity index is 860. The van der Waals surface area contributed by atoms with Gasteiger partial charge in [-0.05, 0) is 29.5 Å². The van der Waals surface area contributed by atoms with Gasteiger partial charge in [0, 0.05) is 30.1 Å². The van der Waals surface area contributed by atoms with E-state index in [1.54, 1.807) is 11.3 Å². The number of thiophene rings is 1. The second-order valence-corrected chi connectivity index (χ2v) is 7.96. The van der Waals surface area contributed by atoms with Crippen molar-refractivity contribution in [1.29, 1.82) is 0 Å². The van der Waals surface area contributed by atoms with Crippen LogP contribution in [0.4, 0.5) is 5.69 Å².